The maximum atomic E-state index is 9.78. The highest BCUT2D eigenvalue weighted by molar-refractivity contribution is 9.10. The summed E-state index contributed by atoms with van der Waals surface area (Å²) in [5.41, 5.74) is 1.26. The van der Waals surface area contributed by atoms with Crippen LogP contribution < -0.4 is 0 Å². The predicted molar refractivity (Wildman–Crippen MR) is 76.1 cm³/mol. The van der Waals surface area contributed by atoms with Crippen LogP contribution in [-0.4, -0.2) is 12.2 Å². The lowest BCUT2D eigenvalue weighted by atomic mass is 10.3. The fraction of sp³-hybridized carbons (Fsp3) is 0. The van der Waals surface area contributed by atoms with E-state index in [2.05, 4.69) is 25.9 Å². The van der Waals surface area contributed by atoms with Crippen LogP contribution >= 0.6 is 15.9 Å². The van der Waals surface area contributed by atoms with Gasteiger partial charge in [0.2, 0.25) is 12.2 Å². The Kier molecular flexibility index (Phi) is 6.77. The van der Waals surface area contributed by atoms with Crippen LogP contribution in [0.2, 0.25) is 0 Å². The Morgan fingerprint density at radius 1 is 0.789 bits per heavy atom. The lowest BCUT2D eigenvalue weighted by molar-refractivity contribution is 0.564. The zero-order valence-electron chi connectivity index (χ0n) is 9.79. The van der Waals surface area contributed by atoms with Gasteiger partial charge in [0.25, 0.3) is 0 Å². The van der Waals surface area contributed by atoms with Crippen LogP contribution in [-0.2, 0) is 9.59 Å². The minimum Gasteiger partial charge on any atom is -0.211 e. The molecule has 0 bridgehead atoms. The van der Waals surface area contributed by atoms with Crippen molar-refractivity contribution in [1.82, 2.24) is 0 Å². The lowest BCUT2D eigenvalue weighted by Crippen LogP contribution is -1.63. The van der Waals surface area contributed by atoms with Crippen LogP contribution in [0.3, 0.4) is 0 Å². The molecule has 0 unspecified atom stereocenters. The standard InChI is InChI=1S/C7H4BrNO.C7H5NO/c8-6-2-1-3-7(4-6)9-5-10;9-6-8-7-4-2-1-3-5-7/h1-4H;1-5H. The quantitative estimate of drug-likeness (QED) is 0.619. The fourth-order valence-corrected chi connectivity index (χ4v) is 1.54. The summed E-state index contributed by atoms with van der Waals surface area (Å²) in [5.74, 6) is 0. The third-order valence-corrected chi connectivity index (χ3v) is 2.41. The first kappa shape index (κ1) is 14.7. The second kappa shape index (κ2) is 8.72. The Balaban J connectivity index is 0.000000191. The van der Waals surface area contributed by atoms with E-state index in [0.717, 1.165) is 4.47 Å². The third kappa shape index (κ3) is 6.24. The van der Waals surface area contributed by atoms with E-state index in [-0.39, 0.29) is 0 Å². The maximum absolute atomic E-state index is 9.78. The SMILES string of the molecule is O=C=Nc1cccc(Br)c1.O=C=Nc1ccccc1. The van der Waals surface area contributed by atoms with E-state index in [4.69, 9.17) is 0 Å². The molecule has 5 heteroatoms. The van der Waals surface area contributed by atoms with Gasteiger partial charge in [0, 0.05) is 4.47 Å². The Morgan fingerprint density at radius 2 is 1.37 bits per heavy atom. The van der Waals surface area contributed by atoms with E-state index in [1.807, 2.05) is 24.3 Å². The number of halogens is 1. The first-order valence-electron chi connectivity index (χ1n) is 5.22. The van der Waals surface area contributed by atoms with Crippen LogP contribution in [0.1, 0.15) is 0 Å². The van der Waals surface area contributed by atoms with Crippen molar-refractivity contribution in [3.63, 3.8) is 0 Å². The molecule has 2 aromatic carbocycles. The van der Waals surface area contributed by atoms with Crippen molar-refractivity contribution in [2.24, 2.45) is 9.98 Å². The van der Waals surface area contributed by atoms with Crippen molar-refractivity contribution in [2.45, 2.75) is 0 Å². The van der Waals surface area contributed by atoms with Crippen LogP contribution in [0.15, 0.2) is 69.1 Å². The molecule has 0 aromatic heterocycles. The largest absolute Gasteiger partial charge is 0.240 e. The number of nitrogens with zero attached hydrogens (tertiary/aromatic N) is 2. The van der Waals surface area contributed by atoms with Gasteiger partial charge in [-0.05, 0) is 30.3 Å². The predicted octanol–water partition coefficient (Wildman–Crippen LogP) is 4.07. The monoisotopic (exact) mass is 316 g/mol. The summed E-state index contributed by atoms with van der Waals surface area (Å²) < 4.78 is 0.906. The Labute approximate surface area is 118 Å². The van der Waals surface area contributed by atoms with Gasteiger partial charge < -0.3 is 0 Å². The smallest absolute Gasteiger partial charge is 0.211 e. The summed E-state index contributed by atoms with van der Waals surface area (Å²) in [6, 6.07) is 16.1. The molecule has 0 atom stereocenters. The van der Waals surface area contributed by atoms with Gasteiger partial charge in [0.15, 0.2) is 0 Å². The second-order valence-electron chi connectivity index (χ2n) is 3.22. The zero-order chi connectivity index (χ0) is 13.9. The minimum absolute atomic E-state index is 0.615. The van der Waals surface area contributed by atoms with Gasteiger partial charge >= 0.3 is 0 Å². The van der Waals surface area contributed by atoms with Crippen molar-refractivity contribution in [2.75, 3.05) is 0 Å². The van der Waals surface area contributed by atoms with Crippen LogP contribution in [0.25, 0.3) is 0 Å². The van der Waals surface area contributed by atoms with Crippen LogP contribution in [0, 0.1) is 0 Å². The van der Waals surface area contributed by atoms with Crippen molar-refractivity contribution in [3.05, 3.63) is 59.1 Å². The second-order valence-corrected chi connectivity index (χ2v) is 4.14. The molecule has 0 radical (unpaired) electrons. The highest BCUT2D eigenvalue weighted by atomic mass is 79.9. The normalized spacial score (nSPS) is 8.26. The highest BCUT2D eigenvalue weighted by Crippen LogP contribution is 2.17. The minimum atomic E-state index is 0.615. The van der Waals surface area contributed by atoms with Gasteiger partial charge in [0.1, 0.15) is 0 Å². The maximum Gasteiger partial charge on any atom is 0.240 e. The molecule has 0 aliphatic rings. The third-order valence-electron chi connectivity index (χ3n) is 1.91. The van der Waals surface area contributed by atoms with Crippen molar-refractivity contribution in [1.29, 1.82) is 0 Å². The number of isocyanates is 2. The number of rotatable bonds is 2. The number of benzene rings is 2. The van der Waals surface area contributed by atoms with Gasteiger partial charge in [0.05, 0.1) is 11.4 Å². The Bertz CT molecular complexity index is 616. The van der Waals surface area contributed by atoms with E-state index in [1.54, 1.807) is 30.3 Å². The van der Waals surface area contributed by atoms with Crippen LogP contribution in [0.4, 0.5) is 11.4 Å². The fourth-order valence-electron chi connectivity index (χ4n) is 1.15. The van der Waals surface area contributed by atoms with E-state index in [1.165, 1.54) is 12.2 Å². The molecule has 0 heterocycles. The zero-order valence-corrected chi connectivity index (χ0v) is 11.4. The molecule has 0 spiro atoms. The summed E-state index contributed by atoms with van der Waals surface area (Å²) in [6.45, 7) is 0. The Morgan fingerprint density at radius 3 is 1.95 bits per heavy atom. The Hall–Kier alpha value is -2.32. The summed E-state index contributed by atoms with van der Waals surface area (Å²) in [7, 11) is 0. The van der Waals surface area contributed by atoms with Gasteiger partial charge in [-0.25, -0.2) is 9.59 Å². The summed E-state index contributed by atoms with van der Waals surface area (Å²) >= 11 is 3.24. The summed E-state index contributed by atoms with van der Waals surface area (Å²) in [6.07, 6.45) is 2.92. The number of hydrogen-bond donors (Lipinski definition) is 0. The number of aliphatic imine (C=N–C) groups is 2. The molecule has 0 saturated heterocycles. The van der Waals surface area contributed by atoms with E-state index < -0.39 is 0 Å². The first-order valence-corrected chi connectivity index (χ1v) is 6.02. The summed E-state index contributed by atoms with van der Waals surface area (Å²) in [5, 5.41) is 0. The molecular formula is C14H9BrN2O2. The topological polar surface area (TPSA) is 58.9 Å². The molecule has 94 valence electrons. The van der Waals surface area contributed by atoms with Crippen molar-refractivity contribution < 1.29 is 9.59 Å². The molecule has 19 heavy (non-hydrogen) atoms. The average Bonchev–Trinajstić information content (AvgIpc) is 2.41. The molecular weight excluding hydrogens is 308 g/mol. The average molecular weight is 317 g/mol. The van der Waals surface area contributed by atoms with Gasteiger partial charge in [-0.1, -0.05) is 40.2 Å². The van der Waals surface area contributed by atoms with Crippen LogP contribution in [0.5, 0.6) is 0 Å². The molecule has 0 amide bonds. The molecule has 4 nitrogen and oxygen atoms in total. The van der Waals surface area contributed by atoms with Gasteiger partial charge in [-0.15, -0.1) is 0 Å². The molecule has 0 saturated carbocycles. The molecule has 2 aromatic rings. The first-order chi connectivity index (χ1) is 9.26. The number of para-hydroxylation sites is 1. The summed E-state index contributed by atoms with van der Waals surface area (Å²) in [4.78, 5) is 26.3. The van der Waals surface area contributed by atoms with Gasteiger partial charge in [-0.3, -0.25) is 0 Å². The van der Waals surface area contributed by atoms with E-state index in [9.17, 15) is 9.59 Å². The van der Waals surface area contributed by atoms with Gasteiger partial charge in [-0.2, -0.15) is 9.98 Å². The molecule has 0 aliphatic carbocycles. The van der Waals surface area contributed by atoms with E-state index >= 15 is 0 Å². The lowest BCUT2D eigenvalue weighted by Gasteiger charge is -1.88. The van der Waals surface area contributed by atoms with Crippen molar-refractivity contribution in [3.8, 4) is 0 Å². The van der Waals surface area contributed by atoms with E-state index in [0.29, 0.717) is 11.4 Å². The number of carbonyl (C=O) groups excluding carboxylic acids is 2. The number of hydrogen-bond acceptors (Lipinski definition) is 4. The molecule has 2 rings (SSSR count). The highest BCUT2D eigenvalue weighted by Gasteiger charge is 1.87. The van der Waals surface area contributed by atoms with Crippen molar-refractivity contribution >= 4 is 39.5 Å². The molecule has 0 N–H and O–H groups in total. The molecule has 0 aliphatic heterocycles. The molecule has 0 fully saturated rings.